The smallest absolute Gasteiger partial charge is 0.106 e. The van der Waals surface area contributed by atoms with Gasteiger partial charge in [-0.1, -0.05) is 23.8 Å². The van der Waals surface area contributed by atoms with Crippen LogP contribution >= 0.6 is 12.2 Å². The van der Waals surface area contributed by atoms with E-state index in [9.17, 15) is 4.21 Å². The highest BCUT2D eigenvalue weighted by Gasteiger charge is 2.09. The van der Waals surface area contributed by atoms with Crippen LogP contribution < -0.4 is 11.1 Å². The molecule has 0 spiro atoms. The van der Waals surface area contributed by atoms with Gasteiger partial charge in [-0.2, -0.15) is 0 Å². The van der Waals surface area contributed by atoms with Crippen molar-refractivity contribution in [1.82, 2.24) is 0 Å². The fourth-order valence-corrected chi connectivity index (χ4v) is 2.60. The van der Waals surface area contributed by atoms with Crippen LogP contribution in [-0.4, -0.2) is 27.2 Å². The molecular weight excluding hydrogens is 252 g/mol. The molecule has 17 heavy (non-hydrogen) atoms. The predicted octanol–water partition coefficient (Wildman–Crippen LogP) is 1.81. The molecule has 0 bridgehead atoms. The Morgan fingerprint density at radius 1 is 1.59 bits per heavy atom. The van der Waals surface area contributed by atoms with Gasteiger partial charge in [-0.3, -0.25) is 4.21 Å². The fourth-order valence-electron chi connectivity index (χ4n) is 1.65. The molecule has 0 radical (unpaired) electrons. The van der Waals surface area contributed by atoms with Crippen LogP contribution in [0.2, 0.25) is 0 Å². The van der Waals surface area contributed by atoms with E-state index in [1.165, 1.54) is 0 Å². The van der Waals surface area contributed by atoms with Gasteiger partial charge in [0.05, 0.1) is 0 Å². The van der Waals surface area contributed by atoms with Crippen molar-refractivity contribution in [2.75, 3.05) is 17.3 Å². The first-order valence-electron chi connectivity index (χ1n) is 5.37. The van der Waals surface area contributed by atoms with Crippen LogP contribution in [0, 0.1) is 6.92 Å². The molecule has 2 unspecified atom stereocenters. The lowest BCUT2D eigenvalue weighted by Gasteiger charge is -2.17. The topological polar surface area (TPSA) is 55.1 Å². The first-order chi connectivity index (χ1) is 7.90. The van der Waals surface area contributed by atoms with Crippen molar-refractivity contribution in [2.45, 2.75) is 19.9 Å². The van der Waals surface area contributed by atoms with E-state index in [1.807, 2.05) is 32.0 Å². The quantitative estimate of drug-likeness (QED) is 0.801. The summed E-state index contributed by atoms with van der Waals surface area (Å²) in [6, 6.07) is 6.04. The first kappa shape index (κ1) is 14.1. The van der Waals surface area contributed by atoms with E-state index in [4.69, 9.17) is 18.0 Å². The van der Waals surface area contributed by atoms with Crippen molar-refractivity contribution >= 4 is 33.7 Å². The number of anilines is 1. The maximum absolute atomic E-state index is 11.1. The molecule has 0 aliphatic carbocycles. The molecule has 0 aromatic heterocycles. The maximum atomic E-state index is 11.1. The fraction of sp³-hybridized carbons (Fsp3) is 0.417. The van der Waals surface area contributed by atoms with Crippen molar-refractivity contribution in [3.8, 4) is 0 Å². The Labute approximate surface area is 110 Å². The second-order valence-electron chi connectivity index (χ2n) is 4.20. The lowest BCUT2D eigenvalue weighted by Crippen LogP contribution is -2.24. The van der Waals surface area contributed by atoms with Gasteiger partial charge in [0.1, 0.15) is 4.99 Å². The minimum absolute atomic E-state index is 0.122. The Kier molecular flexibility index (Phi) is 5.08. The number of hydrogen-bond acceptors (Lipinski definition) is 3. The van der Waals surface area contributed by atoms with E-state index in [0.717, 1.165) is 16.8 Å². The third-order valence-electron chi connectivity index (χ3n) is 2.33. The SMILES string of the molecule is Cc1ccc(NC(C)CS(C)=O)c(C(N)=S)c1. The molecule has 0 aliphatic rings. The van der Waals surface area contributed by atoms with Gasteiger partial charge in [0.25, 0.3) is 0 Å². The number of hydrogen-bond donors (Lipinski definition) is 2. The van der Waals surface area contributed by atoms with Crippen LogP contribution in [0.3, 0.4) is 0 Å². The largest absolute Gasteiger partial charge is 0.389 e. The normalized spacial score (nSPS) is 14.1. The minimum atomic E-state index is -0.818. The Bertz CT molecular complexity index is 446. The average molecular weight is 270 g/mol. The standard InChI is InChI=1S/C12H18N2OS2/c1-8-4-5-11(10(6-8)12(13)16)14-9(2)7-17(3)15/h4-6,9,14H,7H2,1-3H3,(H2,13,16). The first-order valence-corrected chi connectivity index (χ1v) is 7.50. The minimum Gasteiger partial charge on any atom is -0.389 e. The van der Waals surface area contributed by atoms with Crippen LogP contribution in [0.4, 0.5) is 5.69 Å². The van der Waals surface area contributed by atoms with Crippen LogP contribution in [0.5, 0.6) is 0 Å². The third kappa shape index (κ3) is 4.44. The summed E-state index contributed by atoms with van der Waals surface area (Å²) in [4.78, 5) is 0.376. The Hall–Kier alpha value is -0.940. The van der Waals surface area contributed by atoms with Gasteiger partial charge in [-0.15, -0.1) is 0 Å². The van der Waals surface area contributed by atoms with E-state index in [1.54, 1.807) is 6.26 Å². The molecule has 0 heterocycles. The van der Waals surface area contributed by atoms with E-state index in [-0.39, 0.29) is 6.04 Å². The van der Waals surface area contributed by atoms with Crippen LogP contribution in [0.1, 0.15) is 18.1 Å². The molecule has 1 aromatic carbocycles. The van der Waals surface area contributed by atoms with Gasteiger partial charge < -0.3 is 11.1 Å². The molecule has 2 atom stereocenters. The van der Waals surface area contributed by atoms with Gasteiger partial charge in [-0.05, 0) is 26.0 Å². The zero-order valence-electron chi connectivity index (χ0n) is 10.3. The summed E-state index contributed by atoms with van der Waals surface area (Å²) in [5.41, 5.74) is 8.55. The van der Waals surface area contributed by atoms with E-state index >= 15 is 0 Å². The molecule has 5 heteroatoms. The number of aryl methyl sites for hydroxylation is 1. The predicted molar refractivity (Wildman–Crippen MR) is 79.1 cm³/mol. The molecule has 0 amide bonds. The number of benzene rings is 1. The second kappa shape index (κ2) is 6.12. The molecule has 94 valence electrons. The van der Waals surface area contributed by atoms with Crippen molar-refractivity contribution in [1.29, 1.82) is 0 Å². The zero-order chi connectivity index (χ0) is 13.0. The van der Waals surface area contributed by atoms with Gasteiger partial charge in [-0.25, -0.2) is 0 Å². The summed E-state index contributed by atoms with van der Waals surface area (Å²) in [6.45, 7) is 3.99. The van der Waals surface area contributed by atoms with Crippen molar-refractivity contribution in [3.05, 3.63) is 29.3 Å². The highest BCUT2D eigenvalue weighted by Crippen LogP contribution is 2.18. The molecule has 1 aromatic rings. The summed E-state index contributed by atoms with van der Waals surface area (Å²) in [5, 5.41) is 3.29. The molecule has 0 aliphatic heterocycles. The van der Waals surface area contributed by atoms with Gasteiger partial charge in [0, 0.05) is 40.1 Å². The van der Waals surface area contributed by atoms with Gasteiger partial charge >= 0.3 is 0 Å². The summed E-state index contributed by atoms with van der Waals surface area (Å²) in [6.07, 6.45) is 1.70. The molecular formula is C12H18N2OS2. The highest BCUT2D eigenvalue weighted by atomic mass is 32.2. The molecule has 3 nitrogen and oxygen atoms in total. The third-order valence-corrected chi connectivity index (χ3v) is 3.52. The summed E-state index contributed by atoms with van der Waals surface area (Å²) in [5.74, 6) is 0.602. The average Bonchev–Trinajstić information content (AvgIpc) is 2.19. The second-order valence-corrected chi connectivity index (χ2v) is 6.12. The van der Waals surface area contributed by atoms with E-state index < -0.39 is 10.8 Å². The Morgan fingerprint density at radius 3 is 2.76 bits per heavy atom. The highest BCUT2D eigenvalue weighted by molar-refractivity contribution is 7.84. The molecule has 0 fully saturated rings. The maximum Gasteiger partial charge on any atom is 0.106 e. The van der Waals surface area contributed by atoms with Crippen molar-refractivity contribution in [3.63, 3.8) is 0 Å². The Balaban J connectivity index is 2.90. The molecule has 0 saturated heterocycles. The Morgan fingerprint density at radius 2 is 2.24 bits per heavy atom. The van der Waals surface area contributed by atoms with Crippen molar-refractivity contribution < 1.29 is 4.21 Å². The van der Waals surface area contributed by atoms with Crippen LogP contribution in [0.15, 0.2) is 18.2 Å². The van der Waals surface area contributed by atoms with Gasteiger partial charge in [0.15, 0.2) is 0 Å². The lowest BCUT2D eigenvalue weighted by atomic mass is 10.1. The molecule has 3 N–H and O–H groups in total. The summed E-state index contributed by atoms with van der Waals surface area (Å²) in [7, 11) is -0.818. The number of nitrogens with one attached hydrogen (secondary N) is 1. The van der Waals surface area contributed by atoms with Crippen molar-refractivity contribution in [2.24, 2.45) is 5.73 Å². The van der Waals surface area contributed by atoms with E-state index in [2.05, 4.69) is 5.32 Å². The number of thiocarbonyl (C=S) groups is 1. The number of rotatable bonds is 5. The zero-order valence-corrected chi connectivity index (χ0v) is 12.0. The van der Waals surface area contributed by atoms with Crippen LogP contribution in [-0.2, 0) is 10.8 Å². The molecule has 1 rings (SSSR count). The lowest BCUT2D eigenvalue weighted by molar-refractivity contribution is 0.683. The van der Waals surface area contributed by atoms with Gasteiger partial charge in [0.2, 0.25) is 0 Å². The number of nitrogens with two attached hydrogens (primary N) is 1. The molecule has 0 saturated carbocycles. The van der Waals surface area contributed by atoms with E-state index in [0.29, 0.717) is 10.7 Å². The summed E-state index contributed by atoms with van der Waals surface area (Å²) < 4.78 is 11.1. The summed E-state index contributed by atoms with van der Waals surface area (Å²) >= 11 is 5.03. The monoisotopic (exact) mass is 270 g/mol. The van der Waals surface area contributed by atoms with Crippen LogP contribution in [0.25, 0.3) is 0 Å².